The molecule has 0 aliphatic rings. The zero-order valence-corrected chi connectivity index (χ0v) is 12.0. The Balaban J connectivity index is 2.66. The lowest BCUT2D eigenvalue weighted by Gasteiger charge is -2.24. The van der Waals surface area contributed by atoms with Gasteiger partial charge in [-0.1, -0.05) is 0 Å². The van der Waals surface area contributed by atoms with Gasteiger partial charge in [0, 0.05) is 30.1 Å². The number of nitrogens with zero attached hydrogens (tertiary/aromatic N) is 2. The van der Waals surface area contributed by atoms with Crippen LogP contribution < -0.4 is 0 Å². The molecule has 1 heterocycles. The molecular weight excluding hydrogens is 234 g/mol. The molecule has 1 N–H and O–H groups in total. The molecule has 0 spiro atoms. The lowest BCUT2D eigenvalue weighted by atomic mass is 10.1. The highest BCUT2D eigenvalue weighted by Crippen LogP contribution is 2.12. The molecular formula is C12H21N3OS. The summed E-state index contributed by atoms with van der Waals surface area (Å²) in [5.41, 5.74) is 2.93. The fraction of sp³-hybridized carbons (Fsp3) is 0.667. The molecule has 1 amide bonds. The topological polar surface area (TPSA) is 49.0 Å². The van der Waals surface area contributed by atoms with Crippen molar-refractivity contribution in [2.45, 2.75) is 33.2 Å². The molecule has 0 radical (unpaired) electrons. The number of rotatable bonds is 5. The van der Waals surface area contributed by atoms with E-state index in [0.29, 0.717) is 6.42 Å². The summed E-state index contributed by atoms with van der Waals surface area (Å²) in [6, 6.07) is 0.269. The number of aryl methyl sites for hydroxylation is 2. The second-order valence-electron chi connectivity index (χ2n) is 4.40. The van der Waals surface area contributed by atoms with Crippen LogP contribution in [0.4, 0.5) is 0 Å². The zero-order chi connectivity index (χ0) is 13.0. The molecule has 0 aliphatic carbocycles. The molecule has 4 nitrogen and oxygen atoms in total. The normalized spacial score (nSPS) is 12.5. The lowest BCUT2D eigenvalue weighted by Crippen LogP contribution is -2.37. The number of H-pyrrole nitrogens is 1. The first-order chi connectivity index (χ1) is 7.97. The quantitative estimate of drug-likeness (QED) is 0.872. The summed E-state index contributed by atoms with van der Waals surface area (Å²) in [5.74, 6) is 1.12. The lowest BCUT2D eigenvalue weighted by molar-refractivity contribution is -0.130. The Morgan fingerprint density at radius 2 is 2.18 bits per heavy atom. The first-order valence-electron chi connectivity index (χ1n) is 5.72. The SMILES string of the molecule is CSCC(C)N(C)C(=O)Cc1c(C)n[nH]c1C. The largest absolute Gasteiger partial charge is 0.342 e. The van der Waals surface area contributed by atoms with Crippen LogP contribution in [-0.4, -0.2) is 46.1 Å². The van der Waals surface area contributed by atoms with Crippen molar-refractivity contribution in [3.8, 4) is 0 Å². The smallest absolute Gasteiger partial charge is 0.227 e. The van der Waals surface area contributed by atoms with Gasteiger partial charge >= 0.3 is 0 Å². The van der Waals surface area contributed by atoms with E-state index >= 15 is 0 Å². The van der Waals surface area contributed by atoms with Gasteiger partial charge in [-0.3, -0.25) is 9.89 Å². The Bertz CT molecular complexity index is 370. The third kappa shape index (κ3) is 3.49. The fourth-order valence-corrected chi connectivity index (χ4v) is 2.42. The summed E-state index contributed by atoms with van der Waals surface area (Å²) in [6.45, 7) is 5.95. The van der Waals surface area contributed by atoms with E-state index in [4.69, 9.17) is 0 Å². The molecule has 0 saturated carbocycles. The average Bonchev–Trinajstić information content (AvgIpc) is 2.60. The van der Waals surface area contributed by atoms with Crippen molar-refractivity contribution < 1.29 is 4.79 Å². The molecule has 1 aromatic heterocycles. The summed E-state index contributed by atoms with van der Waals surface area (Å²) in [7, 11) is 1.87. The molecule has 96 valence electrons. The van der Waals surface area contributed by atoms with Gasteiger partial charge in [0.2, 0.25) is 5.91 Å². The number of nitrogens with one attached hydrogen (secondary N) is 1. The minimum absolute atomic E-state index is 0.152. The number of thioether (sulfide) groups is 1. The third-order valence-electron chi connectivity index (χ3n) is 3.07. The number of amides is 1. The van der Waals surface area contributed by atoms with Crippen molar-refractivity contribution in [3.05, 3.63) is 17.0 Å². The van der Waals surface area contributed by atoms with Gasteiger partial charge in [-0.25, -0.2) is 0 Å². The molecule has 1 aromatic rings. The van der Waals surface area contributed by atoms with E-state index in [0.717, 1.165) is 22.7 Å². The van der Waals surface area contributed by atoms with Crippen LogP contribution in [0.25, 0.3) is 0 Å². The second-order valence-corrected chi connectivity index (χ2v) is 5.31. The fourth-order valence-electron chi connectivity index (χ4n) is 1.71. The number of hydrogen-bond donors (Lipinski definition) is 1. The molecule has 0 bridgehead atoms. The van der Waals surface area contributed by atoms with Crippen LogP contribution in [-0.2, 0) is 11.2 Å². The van der Waals surface area contributed by atoms with Crippen LogP contribution in [0, 0.1) is 13.8 Å². The van der Waals surface area contributed by atoms with Gasteiger partial charge < -0.3 is 4.90 Å². The Morgan fingerprint density at radius 1 is 1.53 bits per heavy atom. The highest BCUT2D eigenvalue weighted by Gasteiger charge is 2.18. The summed E-state index contributed by atoms with van der Waals surface area (Å²) in [5, 5.41) is 7.02. The molecule has 0 fully saturated rings. The molecule has 5 heteroatoms. The number of aromatic amines is 1. The highest BCUT2D eigenvalue weighted by molar-refractivity contribution is 7.98. The molecule has 1 unspecified atom stereocenters. The van der Waals surface area contributed by atoms with Crippen LogP contribution >= 0.6 is 11.8 Å². The van der Waals surface area contributed by atoms with Gasteiger partial charge in [-0.15, -0.1) is 0 Å². The van der Waals surface area contributed by atoms with Gasteiger partial charge in [-0.2, -0.15) is 16.9 Å². The number of carbonyl (C=O) groups is 1. The first kappa shape index (κ1) is 14.1. The molecule has 1 rings (SSSR count). The maximum atomic E-state index is 12.1. The predicted octanol–water partition coefficient (Wildman–Crippen LogP) is 1.78. The van der Waals surface area contributed by atoms with E-state index < -0.39 is 0 Å². The number of carbonyl (C=O) groups excluding carboxylic acids is 1. The average molecular weight is 255 g/mol. The summed E-state index contributed by atoms with van der Waals surface area (Å²) in [6.07, 6.45) is 2.49. The van der Waals surface area contributed by atoms with E-state index in [-0.39, 0.29) is 11.9 Å². The van der Waals surface area contributed by atoms with Crippen LogP contribution in [0.1, 0.15) is 23.9 Å². The Hall–Kier alpha value is -0.970. The third-order valence-corrected chi connectivity index (χ3v) is 3.89. The van der Waals surface area contributed by atoms with Gasteiger partial charge in [0.05, 0.1) is 12.1 Å². The maximum absolute atomic E-state index is 12.1. The van der Waals surface area contributed by atoms with E-state index in [9.17, 15) is 4.79 Å². The van der Waals surface area contributed by atoms with Crippen LogP contribution in [0.5, 0.6) is 0 Å². The van der Waals surface area contributed by atoms with Crippen LogP contribution in [0.15, 0.2) is 0 Å². The predicted molar refractivity (Wildman–Crippen MR) is 72.4 cm³/mol. The minimum atomic E-state index is 0.152. The van der Waals surface area contributed by atoms with Crippen LogP contribution in [0.3, 0.4) is 0 Å². The van der Waals surface area contributed by atoms with Crippen molar-refractivity contribution in [1.29, 1.82) is 0 Å². The highest BCUT2D eigenvalue weighted by atomic mass is 32.2. The number of hydrogen-bond acceptors (Lipinski definition) is 3. The maximum Gasteiger partial charge on any atom is 0.227 e. The Morgan fingerprint density at radius 3 is 2.65 bits per heavy atom. The van der Waals surface area contributed by atoms with Crippen LogP contribution in [0.2, 0.25) is 0 Å². The number of aromatic nitrogens is 2. The molecule has 0 saturated heterocycles. The summed E-state index contributed by atoms with van der Waals surface area (Å²) in [4.78, 5) is 13.9. The zero-order valence-electron chi connectivity index (χ0n) is 11.2. The molecule has 0 aliphatic heterocycles. The monoisotopic (exact) mass is 255 g/mol. The van der Waals surface area contributed by atoms with Gasteiger partial charge in [0.25, 0.3) is 0 Å². The molecule has 17 heavy (non-hydrogen) atoms. The van der Waals surface area contributed by atoms with Crippen molar-refractivity contribution >= 4 is 17.7 Å². The second kappa shape index (κ2) is 6.10. The molecule has 0 aromatic carbocycles. The van der Waals surface area contributed by atoms with E-state index in [1.165, 1.54) is 0 Å². The van der Waals surface area contributed by atoms with Gasteiger partial charge in [0.15, 0.2) is 0 Å². The summed E-state index contributed by atoms with van der Waals surface area (Å²) < 4.78 is 0. The van der Waals surface area contributed by atoms with Crippen molar-refractivity contribution in [2.24, 2.45) is 0 Å². The Kier molecular flexibility index (Phi) is 5.05. The summed E-state index contributed by atoms with van der Waals surface area (Å²) >= 11 is 1.76. The first-order valence-corrected chi connectivity index (χ1v) is 7.11. The van der Waals surface area contributed by atoms with Gasteiger partial charge in [-0.05, 0) is 27.0 Å². The van der Waals surface area contributed by atoms with Crippen molar-refractivity contribution in [1.82, 2.24) is 15.1 Å². The number of likely N-dealkylation sites (N-methyl/N-ethyl adjacent to an activating group) is 1. The van der Waals surface area contributed by atoms with E-state index in [1.807, 2.05) is 25.8 Å². The standard InChI is InChI=1S/C12H21N3OS/c1-8(7-17-5)15(4)12(16)6-11-9(2)13-14-10(11)3/h8H,6-7H2,1-5H3,(H,13,14). The Labute approximate surface area is 107 Å². The van der Waals surface area contributed by atoms with Gasteiger partial charge in [0.1, 0.15) is 0 Å². The van der Waals surface area contributed by atoms with E-state index in [1.54, 1.807) is 11.8 Å². The molecule has 1 atom stereocenters. The minimum Gasteiger partial charge on any atom is -0.342 e. The van der Waals surface area contributed by atoms with Crippen molar-refractivity contribution in [2.75, 3.05) is 19.1 Å². The van der Waals surface area contributed by atoms with Crippen molar-refractivity contribution in [3.63, 3.8) is 0 Å². The van der Waals surface area contributed by atoms with E-state index in [2.05, 4.69) is 23.4 Å².